The molecule has 1 aromatic carbocycles. The maximum absolute atomic E-state index is 12.2. The molecule has 3 unspecified atom stereocenters. The van der Waals surface area contributed by atoms with Crippen molar-refractivity contribution in [2.24, 2.45) is 4.99 Å². The Morgan fingerprint density at radius 3 is 2.62 bits per heavy atom. The van der Waals surface area contributed by atoms with Gasteiger partial charge in [0.05, 0.1) is 6.54 Å². The SMILES string of the molecule is CCNC(=NCc1ccccc1CN(C)C(C)C)NC1CCCC(S(=O)CC)C1. The number of nitrogens with zero attached hydrogens (tertiary/aromatic N) is 2. The zero-order valence-corrected chi connectivity index (χ0v) is 19.7. The van der Waals surface area contributed by atoms with Crippen LogP contribution in [0.2, 0.25) is 0 Å². The molecule has 3 atom stereocenters. The standard InChI is InChI=1S/C23H40N4OS/c1-6-24-23(26-21-13-10-14-22(15-21)29(28)7-2)25-16-19-11-8-9-12-20(19)17-27(5)18(3)4/h8-9,11-12,18,21-22H,6-7,10,13-17H2,1-5H3,(H2,24,25,26). The smallest absolute Gasteiger partial charge is 0.191 e. The first-order valence-electron chi connectivity index (χ1n) is 11.1. The molecule has 0 aliphatic heterocycles. The molecule has 1 aromatic rings. The van der Waals surface area contributed by atoms with Crippen LogP contribution < -0.4 is 10.6 Å². The van der Waals surface area contributed by atoms with Crippen LogP contribution in [-0.4, -0.2) is 51.7 Å². The number of nitrogens with one attached hydrogen (secondary N) is 2. The van der Waals surface area contributed by atoms with E-state index in [4.69, 9.17) is 4.99 Å². The minimum atomic E-state index is -0.704. The molecule has 5 nitrogen and oxygen atoms in total. The monoisotopic (exact) mass is 420 g/mol. The van der Waals surface area contributed by atoms with Crippen LogP contribution in [0.1, 0.15) is 64.5 Å². The number of guanidine groups is 1. The summed E-state index contributed by atoms with van der Waals surface area (Å²) >= 11 is 0. The molecule has 29 heavy (non-hydrogen) atoms. The van der Waals surface area contributed by atoms with Crippen molar-refractivity contribution in [3.05, 3.63) is 35.4 Å². The lowest BCUT2D eigenvalue weighted by atomic mass is 9.95. The van der Waals surface area contributed by atoms with Gasteiger partial charge in [0.1, 0.15) is 0 Å². The third-order valence-corrected chi connectivity index (χ3v) is 7.54. The fourth-order valence-electron chi connectivity index (χ4n) is 3.75. The zero-order chi connectivity index (χ0) is 21.2. The van der Waals surface area contributed by atoms with E-state index in [0.29, 0.717) is 23.9 Å². The van der Waals surface area contributed by atoms with Crippen molar-refractivity contribution in [1.82, 2.24) is 15.5 Å². The quantitative estimate of drug-likeness (QED) is 0.473. The molecule has 2 rings (SSSR count). The van der Waals surface area contributed by atoms with Crippen LogP contribution >= 0.6 is 0 Å². The lowest BCUT2D eigenvalue weighted by molar-refractivity contribution is 0.265. The Morgan fingerprint density at radius 2 is 1.97 bits per heavy atom. The van der Waals surface area contributed by atoms with Gasteiger partial charge in [-0.25, -0.2) is 4.99 Å². The molecule has 0 amide bonds. The van der Waals surface area contributed by atoms with Gasteiger partial charge in [-0.3, -0.25) is 9.11 Å². The van der Waals surface area contributed by atoms with Gasteiger partial charge in [0, 0.05) is 47.0 Å². The summed E-state index contributed by atoms with van der Waals surface area (Å²) in [6, 6.07) is 9.45. The van der Waals surface area contributed by atoms with Crippen LogP contribution in [0.25, 0.3) is 0 Å². The van der Waals surface area contributed by atoms with E-state index in [0.717, 1.165) is 50.5 Å². The molecule has 0 spiro atoms. The van der Waals surface area contributed by atoms with Gasteiger partial charge in [-0.05, 0) is 58.2 Å². The van der Waals surface area contributed by atoms with Crippen LogP contribution in [-0.2, 0) is 23.9 Å². The zero-order valence-electron chi connectivity index (χ0n) is 18.9. The van der Waals surface area contributed by atoms with Crippen molar-refractivity contribution in [2.45, 2.75) is 83.8 Å². The van der Waals surface area contributed by atoms with E-state index in [-0.39, 0.29) is 0 Å². The van der Waals surface area contributed by atoms with Gasteiger partial charge < -0.3 is 10.6 Å². The van der Waals surface area contributed by atoms with Gasteiger partial charge in [-0.2, -0.15) is 0 Å². The minimum Gasteiger partial charge on any atom is -0.357 e. The molecule has 6 heteroatoms. The minimum absolute atomic E-state index is 0.321. The van der Waals surface area contributed by atoms with Crippen LogP contribution in [0.15, 0.2) is 29.3 Å². The second kappa shape index (κ2) is 12.3. The molecule has 0 bridgehead atoms. The first-order chi connectivity index (χ1) is 13.9. The number of hydrogen-bond donors (Lipinski definition) is 2. The summed E-state index contributed by atoms with van der Waals surface area (Å²) in [7, 11) is 1.46. The molecule has 1 saturated carbocycles. The maximum Gasteiger partial charge on any atom is 0.191 e. The predicted molar refractivity (Wildman–Crippen MR) is 126 cm³/mol. The molecular weight excluding hydrogens is 380 g/mol. The molecule has 1 fully saturated rings. The van der Waals surface area contributed by atoms with E-state index in [9.17, 15) is 4.21 Å². The van der Waals surface area contributed by atoms with Crippen molar-refractivity contribution in [1.29, 1.82) is 0 Å². The largest absolute Gasteiger partial charge is 0.357 e. The molecular formula is C23H40N4OS. The Hall–Kier alpha value is -1.40. The fraction of sp³-hybridized carbons (Fsp3) is 0.696. The van der Waals surface area contributed by atoms with Crippen molar-refractivity contribution in [3.8, 4) is 0 Å². The lowest BCUT2D eigenvalue weighted by Crippen LogP contribution is -2.46. The summed E-state index contributed by atoms with van der Waals surface area (Å²) in [5, 5.41) is 7.32. The van der Waals surface area contributed by atoms with Gasteiger partial charge >= 0.3 is 0 Å². The molecule has 0 radical (unpaired) electrons. The van der Waals surface area contributed by atoms with E-state index >= 15 is 0 Å². The molecule has 1 aliphatic carbocycles. The Morgan fingerprint density at radius 1 is 1.24 bits per heavy atom. The first kappa shape index (κ1) is 23.9. The Labute approximate surface area is 180 Å². The average molecular weight is 421 g/mol. The maximum atomic E-state index is 12.2. The van der Waals surface area contributed by atoms with Crippen LogP contribution in [0, 0.1) is 0 Å². The molecule has 1 aliphatic rings. The second-order valence-corrected chi connectivity index (χ2v) is 10.3. The summed E-state index contributed by atoms with van der Waals surface area (Å²) in [5.74, 6) is 1.63. The Balaban J connectivity index is 2.05. The normalized spacial score (nSPS) is 21.4. The van der Waals surface area contributed by atoms with Crippen molar-refractivity contribution in [2.75, 3.05) is 19.3 Å². The van der Waals surface area contributed by atoms with Crippen molar-refractivity contribution in [3.63, 3.8) is 0 Å². The van der Waals surface area contributed by atoms with E-state index < -0.39 is 10.8 Å². The average Bonchev–Trinajstić information content (AvgIpc) is 2.72. The van der Waals surface area contributed by atoms with Gasteiger partial charge in [-0.15, -0.1) is 0 Å². The third kappa shape index (κ3) is 7.74. The topological polar surface area (TPSA) is 56.7 Å². The van der Waals surface area contributed by atoms with E-state index in [1.165, 1.54) is 11.1 Å². The van der Waals surface area contributed by atoms with E-state index in [1.54, 1.807) is 0 Å². The van der Waals surface area contributed by atoms with Gasteiger partial charge in [0.25, 0.3) is 0 Å². The Bertz CT molecular complexity index is 677. The summed E-state index contributed by atoms with van der Waals surface area (Å²) < 4.78 is 12.2. The number of benzene rings is 1. The van der Waals surface area contributed by atoms with E-state index in [2.05, 4.69) is 67.6 Å². The highest BCUT2D eigenvalue weighted by atomic mass is 32.2. The highest BCUT2D eigenvalue weighted by molar-refractivity contribution is 7.85. The molecule has 0 aromatic heterocycles. The van der Waals surface area contributed by atoms with Gasteiger partial charge in [0.15, 0.2) is 5.96 Å². The first-order valence-corrected chi connectivity index (χ1v) is 12.5. The lowest BCUT2D eigenvalue weighted by Gasteiger charge is -2.30. The van der Waals surface area contributed by atoms with Crippen LogP contribution in [0.4, 0.5) is 0 Å². The molecule has 164 valence electrons. The summed E-state index contributed by atoms with van der Waals surface area (Å²) in [4.78, 5) is 7.23. The van der Waals surface area contributed by atoms with Crippen LogP contribution in [0.3, 0.4) is 0 Å². The van der Waals surface area contributed by atoms with Crippen molar-refractivity contribution >= 4 is 16.8 Å². The van der Waals surface area contributed by atoms with Gasteiger partial charge in [0.2, 0.25) is 0 Å². The number of aliphatic imine (C=N–C) groups is 1. The van der Waals surface area contributed by atoms with Crippen LogP contribution in [0.5, 0.6) is 0 Å². The second-order valence-electron chi connectivity index (χ2n) is 8.27. The van der Waals surface area contributed by atoms with E-state index in [1.807, 2.05) is 6.92 Å². The number of rotatable bonds is 9. The highest BCUT2D eigenvalue weighted by Crippen LogP contribution is 2.23. The molecule has 2 N–H and O–H groups in total. The third-order valence-electron chi connectivity index (χ3n) is 5.79. The number of hydrogen-bond acceptors (Lipinski definition) is 3. The summed E-state index contributed by atoms with van der Waals surface area (Å²) in [6.45, 7) is 11.0. The molecule has 0 saturated heterocycles. The highest BCUT2D eigenvalue weighted by Gasteiger charge is 2.26. The summed E-state index contributed by atoms with van der Waals surface area (Å²) in [5.41, 5.74) is 2.60. The molecule has 0 heterocycles. The predicted octanol–water partition coefficient (Wildman–Crippen LogP) is 3.66. The van der Waals surface area contributed by atoms with Crippen molar-refractivity contribution < 1.29 is 4.21 Å². The fourth-order valence-corrected chi connectivity index (χ4v) is 5.09. The summed E-state index contributed by atoms with van der Waals surface area (Å²) in [6.07, 6.45) is 4.32. The Kier molecular flexibility index (Phi) is 10.2. The van der Waals surface area contributed by atoms with Gasteiger partial charge in [-0.1, -0.05) is 37.6 Å².